The summed E-state index contributed by atoms with van der Waals surface area (Å²) in [5, 5.41) is 25.4. The van der Waals surface area contributed by atoms with Crippen LogP contribution in [0.15, 0.2) is 48.6 Å². The SMILES string of the molecule is CCc1c(CN(C)C)cccc1Oc1cc(Cl)ccc1C#N.O=C(O)/C=C/C(=O)O. The maximum atomic E-state index is 9.55. The number of carboxylic acid groups (broad SMARTS) is 2. The number of nitriles is 1. The highest BCUT2D eigenvalue weighted by Gasteiger charge is 2.12. The van der Waals surface area contributed by atoms with E-state index in [9.17, 15) is 14.9 Å². The summed E-state index contributed by atoms with van der Waals surface area (Å²) in [6.45, 7) is 2.95. The van der Waals surface area contributed by atoms with Crippen molar-refractivity contribution < 1.29 is 24.5 Å². The first-order chi connectivity index (χ1) is 14.2. The summed E-state index contributed by atoms with van der Waals surface area (Å²) >= 11 is 6.02. The minimum Gasteiger partial charge on any atom is -0.478 e. The lowest BCUT2D eigenvalue weighted by atomic mass is 10.0. The predicted molar refractivity (Wildman–Crippen MR) is 114 cm³/mol. The van der Waals surface area contributed by atoms with Crippen molar-refractivity contribution >= 4 is 23.5 Å². The van der Waals surface area contributed by atoms with E-state index in [1.165, 1.54) is 5.56 Å². The number of carbonyl (C=O) groups is 2. The number of nitrogens with zero attached hydrogens (tertiary/aromatic N) is 2. The molecule has 0 aliphatic carbocycles. The standard InChI is InChI=1S/C18H19ClN2O.C4H4O4/c1-4-16-14(12-21(2)3)6-5-7-17(16)22-18-10-15(19)9-8-13(18)11-20;5-3(6)1-2-4(7)8/h5-10H,4,12H2,1-3H3;1-2H,(H,5,6)(H,7,8)/b;2-1+. The molecule has 2 aromatic rings. The van der Waals surface area contributed by atoms with Crippen LogP contribution in [0.25, 0.3) is 0 Å². The van der Waals surface area contributed by atoms with Crippen molar-refractivity contribution in [1.82, 2.24) is 4.90 Å². The molecule has 30 heavy (non-hydrogen) atoms. The fourth-order valence-corrected chi connectivity index (χ4v) is 2.69. The van der Waals surface area contributed by atoms with E-state index in [4.69, 9.17) is 26.6 Å². The minimum absolute atomic E-state index is 0.476. The average molecular weight is 431 g/mol. The van der Waals surface area contributed by atoms with Crippen molar-refractivity contribution in [3.63, 3.8) is 0 Å². The van der Waals surface area contributed by atoms with E-state index in [-0.39, 0.29) is 0 Å². The molecule has 0 atom stereocenters. The summed E-state index contributed by atoms with van der Waals surface area (Å²) in [7, 11) is 4.08. The van der Waals surface area contributed by atoms with Crippen molar-refractivity contribution in [2.24, 2.45) is 0 Å². The molecule has 0 aromatic heterocycles. The monoisotopic (exact) mass is 430 g/mol. The number of rotatable bonds is 7. The van der Waals surface area contributed by atoms with Crippen LogP contribution in [-0.2, 0) is 22.6 Å². The van der Waals surface area contributed by atoms with Crippen LogP contribution in [0.3, 0.4) is 0 Å². The Balaban J connectivity index is 0.000000479. The number of carboxylic acids is 2. The molecule has 0 amide bonds. The average Bonchev–Trinajstić information content (AvgIpc) is 2.67. The van der Waals surface area contributed by atoms with Gasteiger partial charge in [0.1, 0.15) is 17.6 Å². The number of hydrogen-bond donors (Lipinski definition) is 2. The second-order valence-corrected chi connectivity index (χ2v) is 6.79. The van der Waals surface area contributed by atoms with Gasteiger partial charge in [0.15, 0.2) is 0 Å². The molecule has 0 bridgehead atoms. The van der Waals surface area contributed by atoms with Crippen molar-refractivity contribution in [3.05, 3.63) is 70.3 Å². The molecule has 8 heteroatoms. The van der Waals surface area contributed by atoms with Gasteiger partial charge in [-0.25, -0.2) is 9.59 Å². The van der Waals surface area contributed by atoms with Crippen molar-refractivity contribution in [2.75, 3.05) is 14.1 Å². The van der Waals surface area contributed by atoms with Crippen LogP contribution in [0.1, 0.15) is 23.6 Å². The maximum Gasteiger partial charge on any atom is 0.328 e. The maximum absolute atomic E-state index is 9.55. The van der Waals surface area contributed by atoms with Crippen LogP contribution in [0.5, 0.6) is 11.5 Å². The highest BCUT2D eigenvalue weighted by atomic mass is 35.5. The minimum atomic E-state index is -1.26. The van der Waals surface area contributed by atoms with Crippen LogP contribution in [0.2, 0.25) is 5.02 Å². The van der Waals surface area contributed by atoms with E-state index in [2.05, 4.69) is 24.0 Å². The summed E-state index contributed by atoms with van der Waals surface area (Å²) in [6, 6.07) is 13.2. The van der Waals surface area contributed by atoms with Gasteiger partial charge >= 0.3 is 11.9 Å². The molecule has 0 fully saturated rings. The van der Waals surface area contributed by atoms with Crippen LogP contribution in [-0.4, -0.2) is 41.1 Å². The first-order valence-electron chi connectivity index (χ1n) is 8.94. The Morgan fingerprint density at radius 3 is 2.27 bits per heavy atom. The lowest BCUT2D eigenvalue weighted by molar-refractivity contribution is -0.134. The molecule has 0 unspecified atom stereocenters. The molecule has 158 valence electrons. The van der Waals surface area contributed by atoms with Crippen LogP contribution >= 0.6 is 11.6 Å². The van der Waals surface area contributed by atoms with E-state index < -0.39 is 11.9 Å². The Bertz CT molecular complexity index is 948. The molecule has 0 aliphatic rings. The zero-order valence-electron chi connectivity index (χ0n) is 16.9. The van der Waals surface area contributed by atoms with Gasteiger partial charge in [0.05, 0.1) is 5.56 Å². The van der Waals surface area contributed by atoms with Crippen molar-refractivity contribution in [2.45, 2.75) is 19.9 Å². The number of benzene rings is 2. The smallest absolute Gasteiger partial charge is 0.328 e. The largest absolute Gasteiger partial charge is 0.478 e. The number of ether oxygens (including phenoxy) is 1. The topological polar surface area (TPSA) is 111 Å². The molecule has 2 N–H and O–H groups in total. The van der Waals surface area contributed by atoms with Crippen molar-refractivity contribution in [1.29, 1.82) is 5.26 Å². The molecule has 0 saturated heterocycles. The second kappa shape index (κ2) is 12.3. The van der Waals surface area contributed by atoms with Gasteiger partial charge in [0.2, 0.25) is 0 Å². The molecule has 2 aromatic carbocycles. The normalized spacial score (nSPS) is 10.3. The number of halogens is 1. The fraction of sp³-hybridized carbons (Fsp3) is 0.227. The third kappa shape index (κ3) is 8.35. The molecular formula is C22H23ClN2O5. The summed E-state index contributed by atoms with van der Waals surface area (Å²) in [5.41, 5.74) is 2.86. The van der Waals surface area contributed by atoms with E-state index in [0.29, 0.717) is 28.5 Å². The fourth-order valence-electron chi connectivity index (χ4n) is 2.53. The zero-order valence-corrected chi connectivity index (χ0v) is 17.7. The predicted octanol–water partition coefficient (Wildman–Crippen LogP) is 4.34. The van der Waals surface area contributed by atoms with Crippen LogP contribution in [0, 0.1) is 11.3 Å². The first-order valence-corrected chi connectivity index (χ1v) is 9.32. The molecule has 2 rings (SSSR count). The zero-order chi connectivity index (χ0) is 22.7. The van der Waals surface area contributed by atoms with E-state index in [1.54, 1.807) is 18.2 Å². The molecule has 0 spiro atoms. The van der Waals surface area contributed by atoms with Gasteiger partial charge in [-0.05, 0) is 49.8 Å². The van der Waals surface area contributed by atoms with Gasteiger partial charge in [-0.1, -0.05) is 30.7 Å². The van der Waals surface area contributed by atoms with Crippen LogP contribution < -0.4 is 4.74 Å². The molecule has 0 aliphatic heterocycles. The molecule has 7 nitrogen and oxygen atoms in total. The van der Waals surface area contributed by atoms with Gasteiger partial charge in [0.25, 0.3) is 0 Å². The highest BCUT2D eigenvalue weighted by Crippen LogP contribution is 2.32. The third-order valence-electron chi connectivity index (χ3n) is 3.72. The Morgan fingerprint density at radius 1 is 1.13 bits per heavy atom. The Labute approximate surface area is 180 Å². The van der Waals surface area contributed by atoms with Gasteiger partial charge < -0.3 is 19.8 Å². The molecule has 0 radical (unpaired) electrons. The number of aliphatic carboxylic acids is 2. The highest BCUT2D eigenvalue weighted by molar-refractivity contribution is 6.30. The van der Waals surface area contributed by atoms with Crippen molar-refractivity contribution in [3.8, 4) is 17.6 Å². The summed E-state index contributed by atoms with van der Waals surface area (Å²) in [5.74, 6) is -1.24. The summed E-state index contributed by atoms with van der Waals surface area (Å²) in [6.07, 6.45) is 1.98. The molecule has 0 saturated carbocycles. The van der Waals surface area contributed by atoms with Gasteiger partial charge in [-0.15, -0.1) is 0 Å². The Kier molecular flexibility index (Phi) is 10.1. The van der Waals surface area contributed by atoms with E-state index in [1.807, 2.05) is 26.2 Å². The van der Waals surface area contributed by atoms with E-state index in [0.717, 1.165) is 24.3 Å². The Hall–Kier alpha value is -3.34. The van der Waals surface area contributed by atoms with Crippen LogP contribution in [0.4, 0.5) is 0 Å². The quantitative estimate of drug-likeness (QED) is 0.628. The number of hydrogen-bond acceptors (Lipinski definition) is 5. The molecular weight excluding hydrogens is 408 g/mol. The van der Waals surface area contributed by atoms with Gasteiger partial charge in [-0.2, -0.15) is 5.26 Å². The lowest BCUT2D eigenvalue weighted by Gasteiger charge is -2.17. The first kappa shape index (κ1) is 24.7. The second-order valence-electron chi connectivity index (χ2n) is 6.35. The molecule has 0 heterocycles. The lowest BCUT2D eigenvalue weighted by Crippen LogP contribution is -2.12. The summed E-state index contributed by atoms with van der Waals surface area (Å²) in [4.78, 5) is 21.2. The summed E-state index contributed by atoms with van der Waals surface area (Å²) < 4.78 is 6.00. The van der Waals surface area contributed by atoms with Gasteiger partial charge in [0, 0.05) is 29.8 Å². The Morgan fingerprint density at radius 2 is 1.77 bits per heavy atom. The van der Waals surface area contributed by atoms with E-state index >= 15 is 0 Å². The van der Waals surface area contributed by atoms with Gasteiger partial charge in [-0.3, -0.25) is 0 Å². The third-order valence-corrected chi connectivity index (χ3v) is 3.96.